The third-order valence-electron chi connectivity index (χ3n) is 3.64. The van der Waals surface area contributed by atoms with Gasteiger partial charge in [-0.25, -0.2) is 4.99 Å². The summed E-state index contributed by atoms with van der Waals surface area (Å²) in [6.45, 7) is 0. The van der Waals surface area contributed by atoms with Gasteiger partial charge in [-0.2, -0.15) is 13.2 Å². The molecule has 2 aromatic carbocycles. The molecule has 0 unspecified atom stereocenters. The van der Waals surface area contributed by atoms with Crippen LogP contribution in [0.3, 0.4) is 0 Å². The summed E-state index contributed by atoms with van der Waals surface area (Å²) in [4.78, 5) is 15.9. The van der Waals surface area contributed by atoms with Gasteiger partial charge in [-0.3, -0.25) is 4.79 Å². The number of carbonyl (C=O) groups excluding carboxylic acids is 1. The van der Waals surface area contributed by atoms with Gasteiger partial charge in [-0.15, -0.1) is 0 Å². The van der Waals surface area contributed by atoms with Crippen LogP contribution in [-0.4, -0.2) is 13.0 Å². The second-order valence-electron chi connectivity index (χ2n) is 5.39. The van der Waals surface area contributed by atoms with E-state index in [4.69, 9.17) is 14.9 Å². The topological polar surface area (TPSA) is 77.8 Å². The van der Waals surface area contributed by atoms with Crippen LogP contribution >= 0.6 is 0 Å². The van der Waals surface area contributed by atoms with Crippen LogP contribution in [-0.2, 0) is 6.18 Å². The fourth-order valence-electron chi connectivity index (χ4n) is 2.34. The van der Waals surface area contributed by atoms with Crippen molar-refractivity contribution in [3.8, 4) is 5.75 Å². The predicted octanol–water partition coefficient (Wildman–Crippen LogP) is 3.79. The van der Waals surface area contributed by atoms with Crippen molar-refractivity contribution in [2.75, 3.05) is 7.11 Å². The third-order valence-corrected chi connectivity index (χ3v) is 3.64. The van der Waals surface area contributed by atoms with E-state index in [9.17, 15) is 18.0 Å². The molecule has 1 heterocycles. The molecule has 0 aliphatic carbocycles. The smallest absolute Gasteiger partial charge is 0.416 e. The maximum absolute atomic E-state index is 12.9. The molecule has 0 saturated heterocycles. The fourth-order valence-corrected chi connectivity index (χ4v) is 2.34. The number of primary amides is 1. The van der Waals surface area contributed by atoms with Gasteiger partial charge in [-0.1, -0.05) is 0 Å². The Kier molecular flexibility index (Phi) is 4.41. The summed E-state index contributed by atoms with van der Waals surface area (Å²) >= 11 is 0. The van der Waals surface area contributed by atoms with Crippen LogP contribution in [0.1, 0.15) is 15.9 Å². The largest absolute Gasteiger partial charge is 0.497 e. The summed E-state index contributed by atoms with van der Waals surface area (Å²) in [6.07, 6.45) is -4.51. The average molecular weight is 362 g/mol. The number of methoxy groups -OCH3 is 1. The highest BCUT2D eigenvalue weighted by Gasteiger charge is 2.30. The van der Waals surface area contributed by atoms with E-state index in [-0.39, 0.29) is 22.1 Å². The summed E-state index contributed by atoms with van der Waals surface area (Å²) in [7, 11) is 1.52. The van der Waals surface area contributed by atoms with Crippen molar-refractivity contribution in [1.82, 2.24) is 0 Å². The third kappa shape index (κ3) is 3.53. The number of hydrogen-bond acceptors (Lipinski definition) is 4. The van der Waals surface area contributed by atoms with Crippen molar-refractivity contribution in [3.05, 3.63) is 65.2 Å². The van der Waals surface area contributed by atoms with Crippen molar-refractivity contribution >= 4 is 22.6 Å². The molecule has 0 aliphatic rings. The van der Waals surface area contributed by atoms with E-state index in [1.54, 1.807) is 24.3 Å². The minimum Gasteiger partial charge on any atom is -0.497 e. The molecule has 1 aromatic heterocycles. The normalized spacial score (nSPS) is 12.4. The first-order valence-electron chi connectivity index (χ1n) is 7.41. The quantitative estimate of drug-likeness (QED) is 0.770. The van der Waals surface area contributed by atoms with Crippen LogP contribution in [0, 0.1) is 0 Å². The molecule has 3 rings (SSSR count). The Morgan fingerprint density at radius 2 is 1.81 bits per heavy atom. The summed E-state index contributed by atoms with van der Waals surface area (Å²) < 4.78 is 49.1. The lowest BCUT2D eigenvalue weighted by Crippen LogP contribution is -2.21. The maximum Gasteiger partial charge on any atom is 0.416 e. The lowest BCUT2D eigenvalue weighted by Gasteiger charge is -2.08. The lowest BCUT2D eigenvalue weighted by molar-refractivity contribution is -0.137. The molecule has 3 aromatic rings. The van der Waals surface area contributed by atoms with Crippen LogP contribution in [0.15, 0.2) is 57.9 Å². The Hall–Kier alpha value is -3.29. The van der Waals surface area contributed by atoms with E-state index in [1.165, 1.54) is 19.2 Å². The van der Waals surface area contributed by atoms with Crippen LogP contribution in [0.4, 0.5) is 18.9 Å². The number of benzene rings is 2. The number of rotatable bonds is 3. The number of nitrogens with two attached hydrogens (primary N) is 1. The average Bonchev–Trinajstić information content (AvgIpc) is 2.60. The highest BCUT2D eigenvalue weighted by molar-refractivity contribution is 5.95. The standard InChI is InChI=1S/C18H13F3N2O3/c1-25-13-5-3-12(4-6-13)23-17-14(16(22)24)9-10-8-11(18(19,20)21)2-7-15(10)26-17/h2-9H,1H3,(H2,22,24)/b23-17-. The van der Waals surface area contributed by atoms with Crippen molar-refractivity contribution in [2.24, 2.45) is 10.7 Å². The molecule has 26 heavy (non-hydrogen) atoms. The fraction of sp³-hybridized carbons (Fsp3) is 0.111. The van der Waals surface area contributed by atoms with Crippen molar-refractivity contribution in [1.29, 1.82) is 0 Å². The summed E-state index contributed by atoms with van der Waals surface area (Å²) in [5.41, 5.74) is 4.88. The van der Waals surface area contributed by atoms with Crippen LogP contribution in [0.2, 0.25) is 0 Å². The van der Waals surface area contributed by atoms with Crippen LogP contribution < -0.4 is 16.0 Å². The molecule has 0 aliphatic heterocycles. The van der Waals surface area contributed by atoms with E-state index in [2.05, 4.69) is 4.99 Å². The number of halogens is 3. The van der Waals surface area contributed by atoms with Gasteiger partial charge in [0.15, 0.2) is 0 Å². The number of nitrogens with zero attached hydrogens (tertiary/aromatic N) is 1. The molecular weight excluding hydrogens is 349 g/mol. The van der Waals surface area contributed by atoms with Crippen LogP contribution in [0.5, 0.6) is 5.75 Å². The minimum absolute atomic E-state index is 0.0880. The van der Waals surface area contributed by atoms with Crippen molar-refractivity contribution < 1.29 is 27.1 Å². The zero-order chi connectivity index (χ0) is 18.9. The van der Waals surface area contributed by atoms with Gasteiger partial charge >= 0.3 is 6.18 Å². The van der Waals surface area contributed by atoms with Gasteiger partial charge < -0.3 is 14.9 Å². The number of amides is 1. The summed E-state index contributed by atoms with van der Waals surface area (Å²) in [5, 5.41) is 0.0994. The molecule has 0 bridgehead atoms. The van der Waals surface area contributed by atoms with Crippen LogP contribution in [0.25, 0.3) is 11.0 Å². The molecule has 1 amide bonds. The first-order chi connectivity index (χ1) is 12.3. The Bertz CT molecular complexity index is 1040. The molecule has 5 nitrogen and oxygen atoms in total. The number of hydrogen-bond donors (Lipinski definition) is 1. The Labute approximate surface area is 145 Å². The first-order valence-corrected chi connectivity index (χ1v) is 7.41. The maximum atomic E-state index is 12.9. The Morgan fingerprint density at radius 1 is 1.12 bits per heavy atom. The van der Waals surface area contributed by atoms with Gasteiger partial charge in [0.2, 0.25) is 5.55 Å². The second kappa shape index (κ2) is 6.55. The van der Waals surface area contributed by atoms with E-state index in [0.717, 1.165) is 12.1 Å². The molecule has 0 atom stereocenters. The minimum atomic E-state index is -4.51. The highest BCUT2D eigenvalue weighted by Crippen LogP contribution is 2.31. The van der Waals surface area contributed by atoms with Gasteiger partial charge in [0.1, 0.15) is 16.9 Å². The number of alkyl halides is 3. The Morgan fingerprint density at radius 3 is 2.38 bits per heavy atom. The Balaban J connectivity index is 2.19. The van der Waals surface area contributed by atoms with E-state index < -0.39 is 17.6 Å². The zero-order valence-corrected chi connectivity index (χ0v) is 13.5. The zero-order valence-electron chi connectivity index (χ0n) is 13.5. The molecule has 2 N–H and O–H groups in total. The SMILES string of the molecule is COc1ccc(/N=c2\oc3ccc(C(F)(F)F)cc3cc2C(N)=O)cc1. The highest BCUT2D eigenvalue weighted by atomic mass is 19.4. The van der Waals surface area contributed by atoms with Gasteiger partial charge in [-0.05, 0) is 48.5 Å². The van der Waals surface area contributed by atoms with Gasteiger partial charge in [0, 0.05) is 5.39 Å². The molecule has 134 valence electrons. The molecule has 0 fully saturated rings. The molecule has 0 spiro atoms. The predicted molar refractivity (Wildman–Crippen MR) is 88.0 cm³/mol. The van der Waals surface area contributed by atoms with Crippen molar-refractivity contribution in [3.63, 3.8) is 0 Å². The number of fused-ring (bicyclic) bond motifs is 1. The molecule has 0 radical (unpaired) electrons. The molecule has 8 heteroatoms. The summed E-state index contributed by atoms with van der Waals surface area (Å²) in [6, 6.07) is 10.8. The molecule has 0 saturated carbocycles. The van der Waals surface area contributed by atoms with Gasteiger partial charge in [0.05, 0.1) is 18.4 Å². The van der Waals surface area contributed by atoms with E-state index in [0.29, 0.717) is 11.4 Å². The molecular formula is C18H13F3N2O3. The summed E-state index contributed by atoms with van der Waals surface area (Å²) in [5.74, 6) is -0.241. The van der Waals surface area contributed by atoms with Crippen molar-refractivity contribution in [2.45, 2.75) is 6.18 Å². The first kappa shape index (κ1) is 17.5. The number of carbonyl (C=O) groups is 1. The van der Waals surface area contributed by atoms with E-state index >= 15 is 0 Å². The van der Waals surface area contributed by atoms with E-state index in [1.807, 2.05) is 0 Å². The van der Waals surface area contributed by atoms with Gasteiger partial charge in [0.25, 0.3) is 5.91 Å². The lowest BCUT2D eigenvalue weighted by atomic mass is 10.1. The number of ether oxygens (including phenoxy) is 1. The monoisotopic (exact) mass is 362 g/mol. The second-order valence-corrected chi connectivity index (χ2v) is 5.39.